The van der Waals surface area contributed by atoms with E-state index in [9.17, 15) is 4.79 Å². The maximum atomic E-state index is 12.5. The Morgan fingerprint density at radius 2 is 2.04 bits per heavy atom. The predicted octanol–water partition coefficient (Wildman–Crippen LogP) is 2.37. The molecule has 3 rings (SSSR count). The van der Waals surface area contributed by atoms with Gasteiger partial charge in [0.1, 0.15) is 0 Å². The van der Waals surface area contributed by atoms with Crippen LogP contribution in [0.4, 0.5) is 10.5 Å². The second-order valence-corrected chi connectivity index (χ2v) is 7.07. The van der Waals surface area contributed by atoms with Gasteiger partial charge in [0, 0.05) is 38.4 Å². The van der Waals surface area contributed by atoms with Crippen molar-refractivity contribution >= 4 is 11.7 Å². The smallest absolute Gasteiger partial charge is 0.321 e. The lowest BCUT2D eigenvalue weighted by atomic mass is 10.0. The first kappa shape index (κ1) is 18.2. The molecule has 2 fully saturated rings. The average molecular weight is 347 g/mol. The summed E-state index contributed by atoms with van der Waals surface area (Å²) < 4.78 is 11.2. The highest BCUT2D eigenvalue weighted by molar-refractivity contribution is 5.89. The van der Waals surface area contributed by atoms with Gasteiger partial charge in [0.25, 0.3) is 0 Å². The zero-order valence-corrected chi connectivity index (χ0v) is 15.2. The summed E-state index contributed by atoms with van der Waals surface area (Å²) in [6.07, 6.45) is 0.160. The zero-order valence-electron chi connectivity index (χ0n) is 15.2. The Labute approximate surface area is 150 Å². The minimum absolute atomic E-state index is 0.0159. The molecule has 1 aromatic carbocycles. The van der Waals surface area contributed by atoms with Crippen molar-refractivity contribution in [1.82, 2.24) is 9.80 Å². The lowest BCUT2D eigenvalue weighted by Crippen LogP contribution is -2.52. The molecule has 2 amide bonds. The van der Waals surface area contributed by atoms with E-state index in [1.54, 1.807) is 0 Å². The second-order valence-electron chi connectivity index (χ2n) is 7.07. The van der Waals surface area contributed by atoms with Crippen LogP contribution in [0.15, 0.2) is 24.3 Å². The number of ether oxygens (including phenoxy) is 2. The Morgan fingerprint density at radius 3 is 2.72 bits per heavy atom. The number of rotatable bonds is 4. The fourth-order valence-corrected chi connectivity index (χ4v) is 3.24. The average Bonchev–Trinajstić information content (AvgIpc) is 2.63. The number of benzene rings is 1. The molecule has 1 N–H and O–H groups in total. The predicted molar refractivity (Wildman–Crippen MR) is 98.1 cm³/mol. The van der Waals surface area contributed by atoms with Gasteiger partial charge in [-0.1, -0.05) is 26.0 Å². The lowest BCUT2D eigenvalue weighted by molar-refractivity contribution is -0.0992. The van der Waals surface area contributed by atoms with Crippen molar-refractivity contribution < 1.29 is 14.3 Å². The molecule has 2 saturated heterocycles. The standard InChI is InChI=1S/C19H29N3O3/c1-15(2)16-4-3-5-17(12-16)20-19(23)22-8-6-21(7-9-22)13-18-14-24-10-11-25-18/h3-5,12,15,18H,6-11,13-14H2,1-2H3,(H,20,23). The van der Waals surface area contributed by atoms with Crippen LogP contribution < -0.4 is 5.32 Å². The van der Waals surface area contributed by atoms with Crippen LogP contribution in [0.2, 0.25) is 0 Å². The van der Waals surface area contributed by atoms with Crippen molar-refractivity contribution in [3.63, 3.8) is 0 Å². The highest BCUT2D eigenvalue weighted by Crippen LogP contribution is 2.19. The molecule has 0 saturated carbocycles. The molecular weight excluding hydrogens is 318 g/mol. The first-order valence-corrected chi connectivity index (χ1v) is 9.19. The lowest BCUT2D eigenvalue weighted by Gasteiger charge is -2.37. The van der Waals surface area contributed by atoms with E-state index in [1.807, 2.05) is 17.0 Å². The van der Waals surface area contributed by atoms with Gasteiger partial charge in [-0.15, -0.1) is 0 Å². The molecule has 1 aromatic rings. The molecule has 1 unspecified atom stereocenters. The van der Waals surface area contributed by atoms with Crippen molar-refractivity contribution in [1.29, 1.82) is 0 Å². The van der Waals surface area contributed by atoms with Gasteiger partial charge in [-0.2, -0.15) is 0 Å². The van der Waals surface area contributed by atoms with Gasteiger partial charge in [0.05, 0.1) is 25.9 Å². The number of amides is 2. The highest BCUT2D eigenvalue weighted by atomic mass is 16.6. The van der Waals surface area contributed by atoms with Crippen molar-refractivity contribution in [2.45, 2.75) is 25.9 Å². The number of hydrogen-bond donors (Lipinski definition) is 1. The third-order valence-corrected chi connectivity index (χ3v) is 4.81. The number of hydrogen-bond acceptors (Lipinski definition) is 4. The first-order valence-electron chi connectivity index (χ1n) is 9.19. The van der Waals surface area contributed by atoms with Crippen LogP contribution in [-0.2, 0) is 9.47 Å². The molecule has 25 heavy (non-hydrogen) atoms. The van der Waals surface area contributed by atoms with Gasteiger partial charge < -0.3 is 19.7 Å². The number of nitrogens with one attached hydrogen (secondary N) is 1. The minimum Gasteiger partial charge on any atom is -0.376 e. The number of nitrogens with zero attached hydrogens (tertiary/aromatic N) is 2. The topological polar surface area (TPSA) is 54.0 Å². The summed E-state index contributed by atoms with van der Waals surface area (Å²) in [6, 6.07) is 8.07. The molecule has 138 valence electrons. The number of carbonyl (C=O) groups is 1. The number of urea groups is 1. The summed E-state index contributed by atoms with van der Waals surface area (Å²) in [5.41, 5.74) is 2.10. The van der Waals surface area contributed by atoms with E-state index in [0.717, 1.165) is 38.4 Å². The quantitative estimate of drug-likeness (QED) is 0.909. The molecule has 0 aromatic heterocycles. The summed E-state index contributed by atoms with van der Waals surface area (Å²) in [6.45, 7) is 10.5. The van der Waals surface area contributed by atoms with Gasteiger partial charge in [0.15, 0.2) is 0 Å². The van der Waals surface area contributed by atoms with Gasteiger partial charge in [0.2, 0.25) is 0 Å². The van der Waals surface area contributed by atoms with Gasteiger partial charge in [-0.3, -0.25) is 4.90 Å². The van der Waals surface area contributed by atoms with E-state index < -0.39 is 0 Å². The van der Waals surface area contributed by atoms with Crippen molar-refractivity contribution in [3.05, 3.63) is 29.8 Å². The molecule has 2 aliphatic heterocycles. The number of piperazine rings is 1. The normalized spacial score (nSPS) is 22.2. The van der Waals surface area contributed by atoms with Crippen LogP contribution in [0.1, 0.15) is 25.3 Å². The fourth-order valence-electron chi connectivity index (χ4n) is 3.24. The van der Waals surface area contributed by atoms with E-state index in [2.05, 4.69) is 36.2 Å². The Hall–Kier alpha value is -1.63. The summed E-state index contributed by atoms with van der Waals surface area (Å²) in [7, 11) is 0. The maximum Gasteiger partial charge on any atom is 0.321 e. The summed E-state index contributed by atoms with van der Waals surface area (Å²) in [4.78, 5) is 16.7. The Kier molecular flexibility index (Phi) is 6.29. The van der Waals surface area contributed by atoms with Crippen molar-refractivity contribution in [3.8, 4) is 0 Å². The number of carbonyl (C=O) groups excluding carboxylic acids is 1. The molecule has 2 aliphatic rings. The molecule has 6 heteroatoms. The molecule has 0 spiro atoms. The monoisotopic (exact) mass is 347 g/mol. The molecule has 0 aliphatic carbocycles. The van der Waals surface area contributed by atoms with Crippen LogP contribution >= 0.6 is 0 Å². The SMILES string of the molecule is CC(C)c1cccc(NC(=O)N2CCN(CC3COCCO3)CC2)c1. The first-order chi connectivity index (χ1) is 12.1. The third-order valence-electron chi connectivity index (χ3n) is 4.81. The number of anilines is 1. The van der Waals surface area contributed by atoms with E-state index in [-0.39, 0.29) is 12.1 Å². The molecule has 6 nitrogen and oxygen atoms in total. The van der Waals surface area contributed by atoms with Crippen LogP contribution in [-0.4, -0.2) is 74.5 Å². The summed E-state index contributed by atoms with van der Waals surface area (Å²) in [5.74, 6) is 0.450. The zero-order chi connectivity index (χ0) is 17.6. The molecule has 0 bridgehead atoms. The van der Waals surface area contributed by atoms with Crippen LogP contribution in [0.25, 0.3) is 0 Å². The Morgan fingerprint density at radius 1 is 1.24 bits per heavy atom. The van der Waals surface area contributed by atoms with Gasteiger partial charge in [-0.05, 0) is 23.6 Å². The van der Waals surface area contributed by atoms with E-state index in [1.165, 1.54) is 5.56 Å². The van der Waals surface area contributed by atoms with Gasteiger partial charge in [-0.25, -0.2) is 4.79 Å². The minimum atomic E-state index is -0.0159. The molecule has 1 atom stereocenters. The third kappa shape index (κ3) is 5.17. The fraction of sp³-hybridized carbons (Fsp3) is 0.632. The largest absolute Gasteiger partial charge is 0.376 e. The summed E-state index contributed by atoms with van der Waals surface area (Å²) in [5, 5.41) is 3.03. The summed E-state index contributed by atoms with van der Waals surface area (Å²) >= 11 is 0. The van der Waals surface area contributed by atoms with Crippen LogP contribution in [0.3, 0.4) is 0 Å². The van der Waals surface area contributed by atoms with Crippen molar-refractivity contribution in [2.24, 2.45) is 0 Å². The second kappa shape index (κ2) is 8.65. The Balaban J connectivity index is 1.45. The van der Waals surface area contributed by atoms with Crippen LogP contribution in [0, 0.1) is 0 Å². The molecule has 2 heterocycles. The van der Waals surface area contributed by atoms with Gasteiger partial charge >= 0.3 is 6.03 Å². The highest BCUT2D eigenvalue weighted by Gasteiger charge is 2.24. The Bertz CT molecular complexity index is 565. The van der Waals surface area contributed by atoms with Crippen molar-refractivity contribution in [2.75, 3.05) is 57.9 Å². The van der Waals surface area contributed by atoms with E-state index >= 15 is 0 Å². The van der Waals surface area contributed by atoms with E-state index in [4.69, 9.17) is 9.47 Å². The van der Waals surface area contributed by atoms with Crippen LogP contribution in [0.5, 0.6) is 0 Å². The molecular formula is C19H29N3O3. The maximum absolute atomic E-state index is 12.5. The molecule has 0 radical (unpaired) electrons. The van der Waals surface area contributed by atoms with E-state index in [0.29, 0.717) is 25.7 Å².